The Morgan fingerprint density at radius 2 is 1.79 bits per heavy atom. The van der Waals surface area contributed by atoms with Crippen LogP contribution in [0.4, 0.5) is 5.82 Å². The molecule has 34 heavy (non-hydrogen) atoms. The van der Waals surface area contributed by atoms with Gasteiger partial charge in [-0.15, -0.1) is 0 Å². The van der Waals surface area contributed by atoms with Crippen molar-refractivity contribution in [3.8, 4) is 11.5 Å². The Kier molecular flexibility index (Phi) is 7.41. The molecular formula is C20H24N4O9S. The summed E-state index contributed by atoms with van der Waals surface area (Å²) in [6, 6.07) is 4.17. The number of carbonyl (C=O) groups excluding carboxylic acids is 2. The molecule has 0 bridgehead atoms. The summed E-state index contributed by atoms with van der Waals surface area (Å²) >= 11 is 0. The summed E-state index contributed by atoms with van der Waals surface area (Å²) in [7, 11) is -1.48. The lowest BCUT2D eigenvalue weighted by Crippen LogP contribution is -2.42. The molecule has 13 nitrogen and oxygen atoms in total. The second-order valence-corrected chi connectivity index (χ2v) is 9.12. The van der Waals surface area contributed by atoms with E-state index in [1.165, 1.54) is 32.3 Å². The first-order valence-corrected chi connectivity index (χ1v) is 11.6. The minimum atomic E-state index is -3.95. The molecule has 3 rings (SSSR count). The summed E-state index contributed by atoms with van der Waals surface area (Å²) in [5.74, 6) is -1.37. The van der Waals surface area contributed by atoms with Crippen molar-refractivity contribution in [3.05, 3.63) is 44.6 Å². The molecule has 0 amide bonds. The summed E-state index contributed by atoms with van der Waals surface area (Å²) in [5, 5.41) is 0. The summed E-state index contributed by atoms with van der Waals surface area (Å²) in [6.45, 7) is -0.240. The quantitative estimate of drug-likeness (QED) is 0.337. The third kappa shape index (κ3) is 5.28. The van der Waals surface area contributed by atoms with Crippen molar-refractivity contribution >= 4 is 27.6 Å². The standard InChI is InChI=1S/C20H24N4O9S/c1-23-18(21)17(19(27)24(2)20(23)28)13(25)11-33-16(26)6-7-22-34(29,30)12-4-5-14-15(10-12)32-9-3-8-31-14/h4-5,10,22H,3,6-9,11,21H2,1-2H3. The zero-order valence-corrected chi connectivity index (χ0v) is 19.3. The molecule has 1 aromatic heterocycles. The Hall–Kier alpha value is -3.65. The molecule has 0 radical (unpaired) electrons. The van der Waals surface area contributed by atoms with Gasteiger partial charge in [-0.3, -0.25) is 23.5 Å². The highest BCUT2D eigenvalue weighted by Crippen LogP contribution is 2.31. The Balaban J connectivity index is 1.56. The molecule has 0 fully saturated rings. The number of carbonyl (C=O) groups is 2. The van der Waals surface area contributed by atoms with E-state index in [0.717, 1.165) is 4.57 Å². The van der Waals surface area contributed by atoms with Gasteiger partial charge in [0.1, 0.15) is 11.4 Å². The number of sulfonamides is 1. The van der Waals surface area contributed by atoms with Crippen LogP contribution in [0.5, 0.6) is 11.5 Å². The van der Waals surface area contributed by atoms with Crippen LogP contribution < -0.4 is 31.2 Å². The van der Waals surface area contributed by atoms with Crippen molar-refractivity contribution in [1.82, 2.24) is 13.9 Å². The average Bonchev–Trinajstić information content (AvgIpc) is 3.05. The van der Waals surface area contributed by atoms with Crippen molar-refractivity contribution in [2.75, 3.05) is 32.1 Å². The topological polar surface area (TPSA) is 178 Å². The number of Topliss-reactive ketones (excluding diaryl/α,β-unsaturated/α-hetero) is 1. The molecule has 0 unspecified atom stereocenters. The van der Waals surface area contributed by atoms with Gasteiger partial charge >= 0.3 is 11.7 Å². The van der Waals surface area contributed by atoms with Crippen LogP contribution in [0.3, 0.4) is 0 Å². The number of anilines is 1. The van der Waals surface area contributed by atoms with E-state index in [9.17, 15) is 27.6 Å². The fraction of sp³-hybridized carbons (Fsp3) is 0.400. The number of nitrogens with zero attached hydrogens (tertiary/aromatic N) is 2. The Morgan fingerprint density at radius 1 is 1.12 bits per heavy atom. The molecule has 1 aromatic carbocycles. The first-order chi connectivity index (χ1) is 16.0. The monoisotopic (exact) mass is 496 g/mol. The normalized spacial score (nSPS) is 13.2. The lowest BCUT2D eigenvalue weighted by atomic mass is 10.2. The Labute approximate surface area is 194 Å². The van der Waals surface area contributed by atoms with Crippen molar-refractivity contribution < 1.29 is 32.2 Å². The van der Waals surface area contributed by atoms with Crippen LogP contribution in [0.1, 0.15) is 23.2 Å². The van der Waals surface area contributed by atoms with E-state index in [1.807, 2.05) is 0 Å². The number of fused-ring (bicyclic) bond motifs is 1. The van der Waals surface area contributed by atoms with E-state index in [4.69, 9.17) is 19.9 Å². The fourth-order valence-corrected chi connectivity index (χ4v) is 4.14. The van der Waals surface area contributed by atoms with E-state index < -0.39 is 45.2 Å². The summed E-state index contributed by atoms with van der Waals surface area (Å²) < 4.78 is 44.7. The lowest BCUT2D eigenvalue weighted by Gasteiger charge is -2.11. The van der Waals surface area contributed by atoms with Crippen LogP contribution in [0, 0.1) is 0 Å². The Morgan fingerprint density at radius 3 is 2.50 bits per heavy atom. The first kappa shape index (κ1) is 25.0. The molecule has 0 saturated carbocycles. The molecule has 2 heterocycles. The maximum Gasteiger partial charge on any atom is 0.332 e. The number of hydrogen-bond acceptors (Lipinski definition) is 10. The minimum Gasteiger partial charge on any atom is -0.490 e. The van der Waals surface area contributed by atoms with Gasteiger partial charge in [-0.25, -0.2) is 17.9 Å². The lowest BCUT2D eigenvalue weighted by molar-refractivity contribution is -0.142. The third-order valence-corrected chi connectivity index (χ3v) is 6.46. The van der Waals surface area contributed by atoms with Crippen LogP contribution in [0.2, 0.25) is 0 Å². The molecule has 0 atom stereocenters. The number of nitrogens with one attached hydrogen (secondary N) is 1. The van der Waals surface area contributed by atoms with Gasteiger partial charge in [0.25, 0.3) is 5.56 Å². The number of esters is 1. The molecule has 1 aliphatic rings. The van der Waals surface area contributed by atoms with Gasteiger partial charge in [-0.05, 0) is 12.1 Å². The van der Waals surface area contributed by atoms with Gasteiger partial charge in [0, 0.05) is 33.1 Å². The Bertz CT molecular complexity index is 1350. The van der Waals surface area contributed by atoms with Crippen molar-refractivity contribution in [3.63, 3.8) is 0 Å². The predicted molar refractivity (Wildman–Crippen MR) is 118 cm³/mol. The predicted octanol–water partition coefficient (Wildman–Crippen LogP) is -1.08. The van der Waals surface area contributed by atoms with Gasteiger partial charge in [-0.1, -0.05) is 0 Å². The number of nitrogens with two attached hydrogens (primary N) is 1. The SMILES string of the molecule is Cn1c(N)c(C(=O)COC(=O)CCNS(=O)(=O)c2ccc3c(c2)OCCCO3)c(=O)n(C)c1=O. The second-order valence-electron chi connectivity index (χ2n) is 7.36. The van der Waals surface area contributed by atoms with Crippen LogP contribution in [-0.2, 0) is 33.7 Å². The average molecular weight is 496 g/mol. The zero-order valence-electron chi connectivity index (χ0n) is 18.5. The molecular weight excluding hydrogens is 472 g/mol. The number of aromatic nitrogens is 2. The molecule has 3 N–H and O–H groups in total. The van der Waals surface area contributed by atoms with Gasteiger partial charge in [0.05, 0.1) is 24.5 Å². The van der Waals surface area contributed by atoms with Crippen molar-refractivity contribution in [2.24, 2.45) is 14.1 Å². The molecule has 2 aromatic rings. The number of ketones is 1. The maximum atomic E-state index is 12.5. The van der Waals surface area contributed by atoms with Crippen LogP contribution in [0.25, 0.3) is 0 Å². The summed E-state index contributed by atoms with van der Waals surface area (Å²) in [4.78, 5) is 48.3. The largest absolute Gasteiger partial charge is 0.490 e. The van der Waals surface area contributed by atoms with Crippen LogP contribution >= 0.6 is 0 Å². The minimum absolute atomic E-state index is 0.0682. The van der Waals surface area contributed by atoms with Crippen molar-refractivity contribution in [1.29, 1.82) is 0 Å². The van der Waals surface area contributed by atoms with Crippen LogP contribution in [0.15, 0.2) is 32.7 Å². The number of hydrogen-bond donors (Lipinski definition) is 2. The smallest absolute Gasteiger partial charge is 0.332 e. The highest BCUT2D eigenvalue weighted by molar-refractivity contribution is 7.89. The number of ether oxygens (including phenoxy) is 3. The van der Waals surface area contributed by atoms with Gasteiger partial charge in [0.15, 0.2) is 18.1 Å². The third-order valence-electron chi connectivity index (χ3n) is 5.00. The molecule has 184 valence electrons. The number of nitrogen functional groups attached to an aromatic ring is 1. The first-order valence-electron chi connectivity index (χ1n) is 10.2. The number of benzene rings is 1. The fourth-order valence-electron chi connectivity index (χ4n) is 3.09. The van der Waals surface area contributed by atoms with E-state index >= 15 is 0 Å². The van der Waals surface area contributed by atoms with E-state index in [2.05, 4.69) is 4.72 Å². The number of rotatable bonds is 8. The molecule has 14 heteroatoms. The maximum absolute atomic E-state index is 12.5. The molecule has 1 aliphatic heterocycles. The van der Waals surface area contributed by atoms with Gasteiger partial charge in [0.2, 0.25) is 15.8 Å². The highest BCUT2D eigenvalue weighted by atomic mass is 32.2. The van der Waals surface area contributed by atoms with Gasteiger partial charge < -0.3 is 19.9 Å². The second kappa shape index (κ2) is 10.1. The van der Waals surface area contributed by atoms with E-state index in [-0.39, 0.29) is 23.7 Å². The highest BCUT2D eigenvalue weighted by Gasteiger charge is 2.22. The molecule has 0 aliphatic carbocycles. The zero-order chi connectivity index (χ0) is 25.0. The molecule has 0 saturated heterocycles. The van der Waals surface area contributed by atoms with E-state index in [0.29, 0.717) is 35.7 Å². The van der Waals surface area contributed by atoms with Crippen molar-refractivity contribution in [2.45, 2.75) is 17.7 Å². The van der Waals surface area contributed by atoms with Gasteiger partial charge in [-0.2, -0.15) is 0 Å². The summed E-state index contributed by atoms with van der Waals surface area (Å²) in [6.07, 6.45) is 0.293. The van der Waals surface area contributed by atoms with E-state index in [1.54, 1.807) is 0 Å². The molecule has 0 spiro atoms. The van der Waals surface area contributed by atoms with Crippen LogP contribution in [-0.4, -0.2) is 55.7 Å². The summed E-state index contributed by atoms with van der Waals surface area (Å²) in [5.41, 5.74) is 3.59.